The first kappa shape index (κ1) is 36.9. The molecule has 3 rings (SSSR count). The van der Waals surface area contributed by atoms with Crippen LogP contribution in [-0.2, 0) is 24.0 Å². The molecule has 41 heavy (non-hydrogen) atoms. The summed E-state index contributed by atoms with van der Waals surface area (Å²) in [6, 6.07) is 11.6. The molecule has 14 N–H and O–H groups in total. The van der Waals surface area contributed by atoms with Gasteiger partial charge in [0.1, 0.15) is 18.1 Å². The average molecular weight is 579 g/mol. The van der Waals surface area contributed by atoms with Crippen LogP contribution in [0.2, 0.25) is 0 Å². The predicted molar refractivity (Wildman–Crippen MR) is 153 cm³/mol. The monoisotopic (exact) mass is 578 g/mol. The van der Waals surface area contributed by atoms with Crippen LogP contribution in [0.15, 0.2) is 42.5 Å². The van der Waals surface area contributed by atoms with Crippen molar-refractivity contribution in [1.82, 2.24) is 5.32 Å². The molecule has 14 nitrogen and oxygen atoms in total. The topological polar surface area (TPSA) is 288 Å². The smallest absolute Gasteiger partial charge is 0.321 e. The minimum Gasteiger partial charge on any atom is -0.480 e. The van der Waals surface area contributed by atoms with E-state index in [9.17, 15) is 29.1 Å². The van der Waals surface area contributed by atoms with Gasteiger partial charge in [0.15, 0.2) is 0 Å². The molecule has 2 amide bonds. The highest BCUT2D eigenvalue weighted by Gasteiger charge is 2.33. The van der Waals surface area contributed by atoms with Crippen LogP contribution < -0.4 is 34.0 Å². The van der Waals surface area contributed by atoms with Gasteiger partial charge < -0.3 is 49.3 Å². The molecule has 2 aromatic carbocycles. The Morgan fingerprint density at radius 1 is 0.878 bits per heavy atom. The standard InChI is InChI=1S/C15H15NO2.C5H12N2O.C4H8N2O3.C3H7NO2/c17-15(18)14-13(7-8-16-14)12-6-5-10-3-1-2-4-11(10)9-12;1-3(2)4(6)5(7)8;5-2(4(8)9)1-3(6)7;1-2(4)3(5)6/h1-6,9,13-14,16H,7-8H2,(H,17,18);3-4H,6H2,1-2H3,(H2,7,8);2H,1,5H2,(H2,6,7)(H,8,9);2H,4H2,1H3,(H,5,6)/t13-,14+;4-;2*2-/m1000/s1. The van der Waals surface area contributed by atoms with Crippen molar-refractivity contribution in [1.29, 1.82) is 0 Å². The number of hydrogen-bond acceptors (Lipinski definition) is 9. The predicted octanol–water partition coefficient (Wildman–Crippen LogP) is -0.483. The van der Waals surface area contributed by atoms with Gasteiger partial charge in [-0.3, -0.25) is 24.0 Å². The first-order chi connectivity index (χ1) is 19.0. The summed E-state index contributed by atoms with van der Waals surface area (Å²) >= 11 is 0. The Morgan fingerprint density at radius 2 is 1.41 bits per heavy atom. The third kappa shape index (κ3) is 14.2. The maximum atomic E-state index is 11.2. The Kier molecular flexibility index (Phi) is 16.4. The van der Waals surface area contributed by atoms with Crippen LogP contribution in [0.4, 0.5) is 0 Å². The van der Waals surface area contributed by atoms with Crippen LogP contribution in [0.25, 0.3) is 10.8 Å². The van der Waals surface area contributed by atoms with Crippen LogP contribution in [-0.4, -0.2) is 75.8 Å². The fourth-order valence-corrected chi connectivity index (χ4v) is 3.39. The Balaban J connectivity index is 0.000000590. The molecule has 0 bridgehead atoms. The number of nitrogens with two attached hydrogens (primary N) is 5. The van der Waals surface area contributed by atoms with E-state index in [0.29, 0.717) is 0 Å². The van der Waals surface area contributed by atoms with Crippen molar-refractivity contribution in [3.63, 3.8) is 0 Å². The number of carboxylic acid groups (broad SMARTS) is 3. The van der Waals surface area contributed by atoms with Gasteiger partial charge in [-0.2, -0.15) is 0 Å². The zero-order valence-corrected chi connectivity index (χ0v) is 23.4. The van der Waals surface area contributed by atoms with Gasteiger partial charge in [0.05, 0.1) is 12.5 Å². The molecule has 0 unspecified atom stereocenters. The first-order valence-electron chi connectivity index (χ1n) is 12.7. The summed E-state index contributed by atoms with van der Waals surface area (Å²) in [5, 5.41) is 30.6. The largest absolute Gasteiger partial charge is 0.480 e. The van der Waals surface area contributed by atoms with Gasteiger partial charge in [0.25, 0.3) is 0 Å². The second-order valence-electron chi connectivity index (χ2n) is 9.69. The van der Waals surface area contributed by atoms with Crippen LogP contribution >= 0.6 is 0 Å². The third-order valence-electron chi connectivity index (χ3n) is 5.86. The van der Waals surface area contributed by atoms with Crippen LogP contribution in [0.5, 0.6) is 0 Å². The number of fused-ring (bicyclic) bond motifs is 1. The zero-order valence-electron chi connectivity index (χ0n) is 23.4. The maximum absolute atomic E-state index is 11.2. The molecular formula is C27H42N6O8. The summed E-state index contributed by atoms with van der Waals surface area (Å²) < 4.78 is 0. The lowest BCUT2D eigenvalue weighted by molar-refractivity contribution is -0.140. The number of carbonyl (C=O) groups is 5. The summed E-state index contributed by atoms with van der Waals surface area (Å²) in [7, 11) is 0. The molecule has 1 fully saturated rings. The van der Waals surface area contributed by atoms with E-state index >= 15 is 0 Å². The number of nitrogens with one attached hydrogen (secondary N) is 1. The lowest BCUT2D eigenvalue weighted by Gasteiger charge is -2.16. The molecule has 14 heteroatoms. The first-order valence-corrected chi connectivity index (χ1v) is 12.7. The van der Waals surface area contributed by atoms with E-state index in [0.717, 1.165) is 18.5 Å². The lowest BCUT2D eigenvalue weighted by Crippen LogP contribution is -2.40. The number of aliphatic carboxylic acids is 3. The number of hydrogen-bond donors (Lipinski definition) is 9. The molecule has 2 aromatic rings. The quantitative estimate of drug-likeness (QED) is 0.192. The molecule has 1 saturated heterocycles. The van der Waals surface area contributed by atoms with E-state index in [2.05, 4.69) is 41.4 Å². The van der Waals surface area contributed by atoms with E-state index in [1.807, 2.05) is 26.0 Å². The highest BCUT2D eigenvalue weighted by molar-refractivity contribution is 5.84. The van der Waals surface area contributed by atoms with Crippen molar-refractivity contribution in [3.05, 3.63) is 48.0 Å². The molecule has 5 atom stereocenters. The van der Waals surface area contributed by atoms with Crippen molar-refractivity contribution in [2.45, 2.75) is 63.7 Å². The average Bonchev–Trinajstić information content (AvgIpc) is 3.39. The van der Waals surface area contributed by atoms with Gasteiger partial charge in [0.2, 0.25) is 11.8 Å². The van der Waals surface area contributed by atoms with Crippen LogP contribution in [0.3, 0.4) is 0 Å². The number of carbonyl (C=O) groups excluding carboxylic acids is 2. The number of rotatable bonds is 8. The molecule has 228 valence electrons. The molecular weight excluding hydrogens is 536 g/mol. The van der Waals surface area contributed by atoms with Gasteiger partial charge in [-0.25, -0.2) is 0 Å². The van der Waals surface area contributed by atoms with E-state index in [1.165, 1.54) is 17.7 Å². The SMILES string of the molecule is CC(C)[C@H](N)C(N)=O.C[C@H](N)C(=O)O.NC(=O)C[C@H](N)C(=O)O.O=C(O)[C@H]1NCC[C@@H]1c1ccc2ccccc2c1. The summed E-state index contributed by atoms with van der Waals surface area (Å²) in [4.78, 5) is 50.9. The second-order valence-corrected chi connectivity index (χ2v) is 9.69. The Labute approximate surface area is 238 Å². The summed E-state index contributed by atoms with van der Waals surface area (Å²) in [5.41, 5.74) is 25.7. The number of amides is 2. The molecule has 1 aliphatic rings. The van der Waals surface area contributed by atoms with Gasteiger partial charge in [-0.05, 0) is 42.1 Å². The number of benzene rings is 2. The van der Waals surface area contributed by atoms with E-state index in [4.69, 9.17) is 33.1 Å². The van der Waals surface area contributed by atoms with Crippen LogP contribution in [0.1, 0.15) is 45.1 Å². The normalized spacial score (nSPS) is 17.7. The Bertz CT molecular complexity index is 1170. The summed E-state index contributed by atoms with van der Waals surface area (Å²) in [5.74, 6) is -3.85. The molecule has 0 aromatic heterocycles. The van der Waals surface area contributed by atoms with Crippen molar-refractivity contribution in [2.75, 3.05) is 6.54 Å². The maximum Gasteiger partial charge on any atom is 0.321 e. The van der Waals surface area contributed by atoms with E-state index in [1.54, 1.807) is 0 Å². The van der Waals surface area contributed by atoms with Crippen LogP contribution in [0, 0.1) is 5.92 Å². The van der Waals surface area contributed by atoms with Gasteiger partial charge in [-0.15, -0.1) is 0 Å². The molecule has 0 saturated carbocycles. The van der Waals surface area contributed by atoms with E-state index < -0.39 is 53.9 Å². The van der Waals surface area contributed by atoms with Crippen molar-refractivity contribution >= 4 is 40.5 Å². The lowest BCUT2D eigenvalue weighted by atomic mass is 9.90. The van der Waals surface area contributed by atoms with Crippen molar-refractivity contribution in [2.24, 2.45) is 34.6 Å². The fourth-order valence-electron chi connectivity index (χ4n) is 3.39. The zero-order chi connectivity index (χ0) is 31.9. The fraction of sp³-hybridized carbons (Fsp3) is 0.444. The third-order valence-corrected chi connectivity index (χ3v) is 5.86. The minimum atomic E-state index is -1.21. The summed E-state index contributed by atoms with van der Waals surface area (Å²) in [6.07, 6.45) is 0.574. The molecule has 1 heterocycles. The molecule has 0 aliphatic carbocycles. The van der Waals surface area contributed by atoms with E-state index in [-0.39, 0.29) is 18.3 Å². The Morgan fingerprint density at radius 3 is 1.78 bits per heavy atom. The second kappa shape index (κ2) is 18.3. The highest BCUT2D eigenvalue weighted by atomic mass is 16.4. The van der Waals surface area contributed by atoms with Crippen molar-refractivity contribution < 1.29 is 39.3 Å². The number of carboxylic acids is 3. The van der Waals surface area contributed by atoms with Gasteiger partial charge in [-0.1, -0.05) is 56.3 Å². The molecule has 0 radical (unpaired) electrons. The number of primary amides is 2. The van der Waals surface area contributed by atoms with Crippen molar-refractivity contribution in [3.8, 4) is 0 Å². The molecule has 1 aliphatic heterocycles. The Hall–Kier alpha value is -4.11. The molecule has 0 spiro atoms. The minimum absolute atomic E-state index is 0.0760. The van der Waals surface area contributed by atoms with Gasteiger partial charge >= 0.3 is 17.9 Å². The van der Waals surface area contributed by atoms with Gasteiger partial charge in [0, 0.05) is 5.92 Å². The highest BCUT2D eigenvalue weighted by Crippen LogP contribution is 2.30. The summed E-state index contributed by atoms with van der Waals surface area (Å²) in [6.45, 7) is 5.90.